The molecule has 0 aromatic carbocycles. The first kappa shape index (κ1) is 26.2. The van der Waals surface area contributed by atoms with Gasteiger partial charge in [0.25, 0.3) is 0 Å². The fourth-order valence-electron chi connectivity index (χ4n) is 6.11. The van der Waals surface area contributed by atoms with E-state index in [1.165, 1.54) is 0 Å². The topological polar surface area (TPSA) is 43.2 Å². The molecule has 0 saturated carbocycles. The quantitative estimate of drug-likeness (QED) is 0.353. The number of hydrogen-bond donors (Lipinski definition) is 0. The first-order valence-corrected chi connectivity index (χ1v) is 12.9. The van der Waals surface area contributed by atoms with Crippen molar-refractivity contribution in [1.29, 1.82) is 0 Å². The normalized spacial score (nSPS) is 25.1. The molecule has 0 amide bonds. The van der Waals surface area contributed by atoms with Crippen LogP contribution in [0.5, 0.6) is 0 Å². The van der Waals surface area contributed by atoms with Gasteiger partial charge in [-0.15, -0.1) is 0 Å². The molecular weight excluding hydrogens is 384 g/mol. The van der Waals surface area contributed by atoms with Gasteiger partial charge in [0, 0.05) is 0 Å². The van der Waals surface area contributed by atoms with Crippen molar-refractivity contribution in [1.82, 2.24) is 0 Å². The molecule has 0 radical (unpaired) electrons. The third kappa shape index (κ3) is 5.66. The molecule has 2 aliphatic heterocycles. The molecule has 0 aliphatic carbocycles. The van der Waals surface area contributed by atoms with Crippen LogP contribution < -0.4 is 0 Å². The smallest absolute Gasteiger partial charge is 0.193 e. The van der Waals surface area contributed by atoms with Crippen molar-refractivity contribution in [3.63, 3.8) is 0 Å². The molecule has 0 spiro atoms. The first-order valence-electron chi connectivity index (χ1n) is 12.9. The minimum absolute atomic E-state index is 0.0621. The molecule has 0 fully saturated rings. The summed E-state index contributed by atoms with van der Waals surface area (Å²) in [5.74, 6) is 1.66. The SMILES string of the molecule is CCCC1(CCC)OC(CC2=N[C@H](C(C)(C)C)C(CCC)(CCC)O2)=N[C@@H]1C(C)(C)C. The van der Waals surface area contributed by atoms with E-state index in [2.05, 4.69) is 69.2 Å². The van der Waals surface area contributed by atoms with E-state index in [1.807, 2.05) is 0 Å². The number of nitrogens with zero attached hydrogens (tertiary/aromatic N) is 2. The van der Waals surface area contributed by atoms with E-state index in [1.54, 1.807) is 0 Å². The lowest BCUT2D eigenvalue weighted by atomic mass is 9.73. The van der Waals surface area contributed by atoms with Gasteiger partial charge in [-0.05, 0) is 36.5 Å². The third-order valence-electron chi connectivity index (χ3n) is 6.82. The van der Waals surface area contributed by atoms with Crippen LogP contribution in [0, 0.1) is 10.8 Å². The van der Waals surface area contributed by atoms with Gasteiger partial charge in [0.05, 0.1) is 18.5 Å². The summed E-state index contributed by atoms with van der Waals surface area (Å²) >= 11 is 0. The highest BCUT2D eigenvalue weighted by atomic mass is 16.5. The molecule has 2 atom stereocenters. The molecule has 4 heteroatoms. The van der Waals surface area contributed by atoms with Crippen molar-refractivity contribution >= 4 is 11.8 Å². The lowest BCUT2D eigenvalue weighted by Gasteiger charge is -2.40. The number of ether oxygens (including phenoxy) is 2. The van der Waals surface area contributed by atoms with Crippen LogP contribution in [0.25, 0.3) is 0 Å². The maximum absolute atomic E-state index is 6.73. The van der Waals surface area contributed by atoms with Gasteiger partial charge in [-0.2, -0.15) is 0 Å². The minimum atomic E-state index is -0.191. The summed E-state index contributed by atoms with van der Waals surface area (Å²) in [5.41, 5.74) is -0.258. The van der Waals surface area contributed by atoms with Crippen LogP contribution in [-0.4, -0.2) is 35.1 Å². The van der Waals surface area contributed by atoms with Crippen molar-refractivity contribution in [3.8, 4) is 0 Å². The van der Waals surface area contributed by atoms with E-state index in [9.17, 15) is 0 Å². The Hall–Kier alpha value is -1.06. The Bertz CT molecular complexity index is 583. The average Bonchev–Trinajstić information content (AvgIpc) is 3.15. The van der Waals surface area contributed by atoms with Crippen LogP contribution in [0.1, 0.15) is 127 Å². The lowest BCUT2D eigenvalue weighted by Crippen LogP contribution is -2.47. The zero-order valence-electron chi connectivity index (χ0n) is 22.2. The van der Waals surface area contributed by atoms with Crippen molar-refractivity contribution in [2.45, 2.75) is 150 Å². The second-order valence-corrected chi connectivity index (χ2v) is 12.1. The highest BCUT2D eigenvalue weighted by Gasteiger charge is 2.53. The first-order chi connectivity index (χ1) is 14.4. The molecule has 2 heterocycles. The summed E-state index contributed by atoms with van der Waals surface area (Å²) in [5, 5.41) is 0. The molecule has 0 aromatic rings. The second kappa shape index (κ2) is 9.83. The summed E-state index contributed by atoms with van der Waals surface area (Å²) in [6, 6.07) is 0.345. The standard InChI is InChI=1S/C27H50N2O2/c1-11-15-26(16-12-2)22(24(5,6)7)28-20(30-26)19-21-29-23(25(8,9)10)27(31-21,17-13-3)18-14-4/h22-23H,11-19H2,1-10H3/t22-,23-/m1/s1. The van der Waals surface area contributed by atoms with Crippen LogP contribution in [0.3, 0.4) is 0 Å². The average molecular weight is 435 g/mol. The molecule has 31 heavy (non-hydrogen) atoms. The third-order valence-corrected chi connectivity index (χ3v) is 6.82. The molecular formula is C27H50N2O2. The fourth-order valence-corrected chi connectivity index (χ4v) is 6.11. The van der Waals surface area contributed by atoms with Gasteiger partial charge < -0.3 is 9.47 Å². The van der Waals surface area contributed by atoms with Crippen molar-refractivity contribution in [3.05, 3.63) is 0 Å². The molecule has 0 saturated heterocycles. The molecule has 2 rings (SSSR count). The molecule has 2 aliphatic rings. The van der Waals surface area contributed by atoms with E-state index in [0.29, 0.717) is 6.42 Å². The Morgan fingerprint density at radius 2 is 0.903 bits per heavy atom. The molecule has 0 unspecified atom stereocenters. The van der Waals surface area contributed by atoms with Crippen LogP contribution in [0.15, 0.2) is 9.98 Å². The van der Waals surface area contributed by atoms with Gasteiger partial charge in [-0.3, -0.25) is 0 Å². The maximum Gasteiger partial charge on any atom is 0.193 e. The summed E-state index contributed by atoms with van der Waals surface area (Å²) in [6.45, 7) is 22.8. The molecule has 4 nitrogen and oxygen atoms in total. The Morgan fingerprint density at radius 3 is 1.13 bits per heavy atom. The Balaban J connectivity index is 2.34. The van der Waals surface area contributed by atoms with Gasteiger partial charge in [0.2, 0.25) is 0 Å². The predicted octanol–water partition coefficient (Wildman–Crippen LogP) is 7.74. The highest BCUT2D eigenvalue weighted by Crippen LogP contribution is 2.46. The summed E-state index contributed by atoms with van der Waals surface area (Å²) in [7, 11) is 0. The predicted molar refractivity (Wildman–Crippen MR) is 133 cm³/mol. The summed E-state index contributed by atoms with van der Waals surface area (Å²) < 4.78 is 13.5. The highest BCUT2D eigenvalue weighted by molar-refractivity contribution is 5.99. The lowest BCUT2D eigenvalue weighted by molar-refractivity contribution is -0.00214. The molecule has 0 bridgehead atoms. The van der Waals surface area contributed by atoms with Gasteiger partial charge in [0.15, 0.2) is 11.8 Å². The number of aliphatic imine (C=N–C) groups is 2. The van der Waals surface area contributed by atoms with Gasteiger partial charge in [-0.1, -0.05) is 94.9 Å². The van der Waals surface area contributed by atoms with Crippen molar-refractivity contribution in [2.24, 2.45) is 20.8 Å². The van der Waals surface area contributed by atoms with Crippen molar-refractivity contribution in [2.75, 3.05) is 0 Å². The summed E-state index contributed by atoms with van der Waals surface area (Å²) in [6.07, 6.45) is 9.19. The van der Waals surface area contributed by atoms with E-state index in [4.69, 9.17) is 19.5 Å². The zero-order chi connectivity index (χ0) is 23.5. The Morgan fingerprint density at radius 1 is 0.613 bits per heavy atom. The maximum atomic E-state index is 6.73. The Kier molecular flexibility index (Phi) is 8.31. The molecule has 0 aromatic heterocycles. The second-order valence-electron chi connectivity index (χ2n) is 12.1. The summed E-state index contributed by atoms with van der Waals surface area (Å²) in [4.78, 5) is 10.3. The number of hydrogen-bond acceptors (Lipinski definition) is 4. The van der Waals surface area contributed by atoms with E-state index < -0.39 is 0 Å². The van der Waals surface area contributed by atoms with Crippen LogP contribution >= 0.6 is 0 Å². The minimum Gasteiger partial charge on any atom is -0.472 e. The van der Waals surface area contributed by atoms with E-state index in [-0.39, 0.29) is 34.1 Å². The van der Waals surface area contributed by atoms with E-state index >= 15 is 0 Å². The molecule has 180 valence electrons. The van der Waals surface area contributed by atoms with Gasteiger partial charge in [-0.25, -0.2) is 9.98 Å². The molecule has 0 N–H and O–H groups in total. The largest absolute Gasteiger partial charge is 0.472 e. The zero-order valence-corrected chi connectivity index (χ0v) is 22.2. The van der Waals surface area contributed by atoms with Crippen molar-refractivity contribution < 1.29 is 9.47 Å². The monoisotopic (exact) mass is 434 g/mol. The Labute approximate surface area is 192 Å². The fraction of sp³-hybridized carbons (Fsp3) is 0.926. The van der Waals surface area contributed by atoms with Crippen LogP contribution in [0.2, 0.25) is 0 Å². The van der Waals surface area contributed by atoms with Gasteiger partial charge >= 0.3 is 0 Å². The van der Waals surface area contributed by atoms with Crippen LogP contribution in [-0.2, 0) is 9.47 Å². The van der Waals surface area contributed by atoms with Crippen LogP contribution in [0.4, 0.5) is 0 Å². The van der Waals surface area contributed by atoms with E-state index in [0.717, 1.165) is 63.2 Å². The number of rotatable bonds is 10. The van der Waals surface area contributed by atoms with Gasteiger partial charge in [0.1, 0.15) is 11.2 Å².